The first-order valence-corrected chi connectivity index (χ1v) is 4.22. The summed E-state index contributed by atoms with van der Waals surface area (Å²) in [5, 5.41) is 0. The third-order valence-corrected chi connectivity index (χ3v) is 0. The maximum atomic E-state index is 5.11. The summed E-state index contributed by atoms with van der Waals surface area (Å²) in [5.74, 6) is 0.833. The van der Waals surface area contributed by atoms with Crippen molar-refractivity contribution in [2.75, 3.05) is 0 Å². The van der Waals surface area contributed by atoms with Gasteiger partial charge in [-0.05, 0) is 12.0 Å². The molecule has 0 heterocycles. The van der Waals surface area contributed by atoms with Gasteiger partial charge in [0, 0.05) is 16.8 Å². The molecule has 0 saturated heterocycles. The van der Waals surface area contributed by atoms with Gasteiger partial charge in [0.15, 0.2) is 0 Å². The van der Waals surface area contributed by atoms with Gasteiger partial charge in [0.25, 0.3) is 0 Å². The first-order chi connectivity index (χ1) is 4.46. The fourth-order valence-corrected chi connectivity index (χ4v) is 0. The lowest BCUT2D eigenvalue weighted by Gasteiger charge is -1.81. The highest BCUT2D eigenvalue weighted by Gasteiger charge is 1.68. The molecule has 0 spiro atoms. The van der Waals surface area contributed by atoms with Crippen LogP contribution in [0.2, 0.25) is 0 Å². The first-order valence-electron chi connectivity index (χ1n) is 4.22. The van der Waals surface area contributed by atoms with E-state index in [0.717, 1.165) is 5.92 Å². The summed E-state index contributed by atoms with van der Waals surface area (Å²) in [4.78, 5) is 0. The number of rotatable bonds is 0. The molecule has 0 unspecified atom stereocenters. The molecule has 0 bridgehead atoms. The van der Waals surface area contributed by atoms with Gasteiger partial charge in [-0.25, -0.2) is 0 Å². The van der Waals surface area contributed by atoms with E-state index in [-0.39, 0.29) is 16.8 Å². The monoisotopic (exact) mass is 169 g/mol. The number of nitrogens with two attached hydrogens (primary N) is 1. The first kappa shape index (κ1) is 29.6. The summed E-state index contributed by atoms with van der Waals surface area (Å²) >= 11 is 0. The van der Waals surface area contributed by atoms with E-state index in [9.17, 15) is 0 Å². The van der Waals surface area contributed by atoms with Gasteiger partial charge < -0.3 is 5.73 Å². The van der Waals surface area contributed by atoms with E-state index < -0.39 is 0 Å². The SMILES string of the molecule is CC.CC(C)C.CC(C)N.[B].[B]. The van der Waals surface area contributed by atoms with E-state index in [1.54, 1.807) is 0 Å². The second-order valence-corrected chi connectivity index (χ2v) is 2.98. The van der Waals surface area contributed by atoms with Gasteiger partial charge in [-0.15, -0.1) is 0 Å². The molecular formula is C9H25B2N. The molecule has 12 heavy (non-hydrogen) atoms. The smallest absolute Gasteiger partial charge is 0 e. The third kappa shape index (κ3) is 103000. The van der Waals surface area contributed by atoms with Crippen molar-refractivity contribution in [3.05, 3.63) is 0 Å². The number of hydrogen-bond acceptors (Lipinski definition) is 1. The Kier molecular flexibility index (Phi) is 75.0. The van der Waals surface area contributed by atoms with E-state index in [2.05, 4.69) is 20.8 Å². The fraction of sp³-hybridized carbons (Fsp3) is 1.00. The zero-order valence-electron chi connectivity index (χ0n) is 9.89. The van der Waals surface area contributed by atoms with Crippen LogP contribution in [0, 0.1) is 5.92 Å². The molecule has 2 N–H and O–H groups in total. The summed E-state index contributed by atoms with van der Waals surface area (Å²) in [6, 6.07) is 0.333. The lowest BCUT2D eigenvalue weighted by Crippen LogP contribution is -2.06. The second-order valence-electron chi connectivity index (χ2n) is 2.98. The van der Waals surface area contributed by atoms with Gasteiger partial charge >= 0.3 is 0 Å². The quantitative estimate of drug-likeness (QED) is 0.553. The molecule has 0 aromatic rings. The molecule has 1 nitrogen and oxygen atoms in total. The second kappa shape index (κ2) is 30.4. The van der Waals surface area contributed by atoms with Crippen molar-refractivity contribution in [3.8, 4) is 0 Å². The van der Waals surface area contributed by atoms with E-state index in [4.69, 9.17) is 5.73 Å². The van der Waals surface area contributed by atoms with Gasteiger partial charge in [-0.3, -0.25) is 0 Å². The predicted octanol–water partition coefficient (Wildman–Crippen LogP) is 2.28. The van der Waals surface area contributed by atoms with Crippen LogP contribution in [-0.4, -0.2) is 22.9 Å². The Balaban J connectivity index is -0.0000000198. The lowest BCUT2D eigenvalue weighted by molar-refractivity contribution is 0.737. The Morgan fingerprint density at radius 3 is 0.750 bits per heavy atom. The van der Waals surface area contributed by atoms with E-state index >= 15 is 0 Å². The van der Waals surface area contributed by atoms with Crippen LogP contribution in [0.5, 0.6) is 0 Å². The molecule has 0 aromatic carbocycles. The maximum Gasteiger partial charge on any atom is 0 e. The van der Waals surface area contributed by atoms with Gasteiger partial charge in [-0.2, -0.15) is 0 Å². The highest BCUT2D eigenvalue weighted by molar-refractivity contribution is 5.76. The average Bonchev–Trinajstić information content (AvgIpc) is 1.66. The van der Waals surface area contributed by atoms with Crippen LogP contribution in [0.1, 0.15) is 48.5 Å². The van der Waals surface area contributed by atoms with Crippen LogP contribution in [0.3, 0.4) is 0 Å². The predicted molar refractivity (Wildman–Crippen MR) is 62.7 cm³/mol. The van der Waals surface area contributed by atoms with Crippen molar-refractivity contribution in [1.29, 1.82) is 0 Å². The van der Waals surface area contributed by atoms with E-state index in [1.807, 2.05) is 27.7 Å². The van der Waals surface area contributed by atoms with Crippen molar-refractivity contribution in [2.45, 2.75) is 54.5 Å². The highest BCUT2D eigenvalue weighted by Crippen LogP contribution is 1.81. The molecular weight excluding hydrogens is 144 g/mol. The van der Waals surface area contributed by atoms with Gasteiger partial charge in [0.1, 0.15) is 0 Å². The molecule has 0 saturated carbocycles. The minimum Gasteiger partial charge on any atom is -0.328 e. The Bertz CT molecular complexity index is 28.0. The van der Waals surface area contributed by atoms with Crippen LogP contribution in [-0.2, 0) is 0 Å². The van der Waals surface area contributed by atoms with Crippen LogP contribution in [0.15, 0.2) is 0 Å². The maximum absolute atomic E-state index is 5.11. The fourth-order valence-electron chi connectivity index (χ4n) is 0. The Labute approximate surface area is 83.7 Å². The highest BCUT2D eigenvalue weighted by atomic mass is 14.6. The van der Waals surface area contributed by atoms with Gasteiger partial charge in [-0.1, -0.05) is 48.5 Å². The van der Waals surface area contributed by atoms with Crippen LogP contribution >= 0.6 is 0 Å². The molecule has 0 aliphatic carbocycles. The van der Waals surface area contributed by atoms with Crippen LogP contribution in [0.25, 0.3) is 0 Å². The minimum atomic E-state index is 0. The molecule has 0 aliphatic heterocycles. The minimum absolute atomic E-state index is 0. The normalized spacial score (nSPS) is 6.50. The molecule has 0 rings (SSSR count). The van der Waals surface area contributed by atoms with Gasteiger partial charge in [0.05, 0.1) is 0 Å². The topological polar surface area (TPSA) is 26.0 Å². The Morgan fingerprint density at radius 1 is 0.750 bits per heavy atom. The van der Waals surface area contributed by atoms with Crippen molar-refractivity contribution in [3.63, 3.8) is 0 Å². The molecule has 6 radical (unpaired) electrons. The van der Waals surface area contributed by atoms with E-state index in [1.165, 1.54) is 0 Å². The number of hydrogen-bond donors (Lipinski definition) is 1. The summed E-state index contributed by atoms with van der Waals surface area (Å²) in [7, 11) is 0. The summed E-state index contributed by atoms with van der Waals surface area (Å²) < 4.78 is 0. The Hall–Kier alpha value is 0.0899. The van der Waals surface area contributed by atoms with Crippen LogP contribution in [0.4, 0.5) is 0 Å². The van der Waals surface area contributed by atoms with Crippen LogP contribution < -0.4 is 5.73 Å². The van der Waals surface area contributed by atoms with Gasteiger partial charge in [0.2, 0.25) is 0 Å². The lowest BCUT2D eigenvalue weighted by atomic mass is 10.3. The molecule has 72 valence electrons. The third-order valence-electron chi connectivity index (χ3n) is 0. The van der Waals surface area contributed by atoms with E-state index in [0.29, 0.717) is 6.04 Å². The molecule has 0 aromatic heterocycles. The zero-order chi connectivity index (χ0) is 9.15. The molecule has 0 aliphatic rings. The van der Waals surface area contributed by atoms with Crippen molar-refractivity contribution in [2.24, 2.45) is 11.7 Å². The summed E-state index contributed by atoms with van der Waals surface area (Å²) in [6.07, 6.45) is 0. The molecule has 0 fully saturated rings. The average molecular weight is 169 g/mol. The molecule has 0 amide bonds. The largest absolute Gasteiger partial charge is 0.328 e. The molecule has 3 heteroatoms. The van der Waals surface area contributed by atoms with Crippen molar-refractivity contribution in [1.82, 2.24) is 0 Å². The zero-order valence-corrected chi connectivity index (χ0v) is 9.89. The standard InChI is InChI=1S/C4H10.C3H9N.C2H6.2B/c1-4(2)3;1-3(2)4;1-2;;/h4H,1-3H3;3H,4H2,1-2H3;1-2H3;;. The molecule has 0 atom stereocenters. The van der Waals surface area contributed by atoms with Crippen molar-refractivity contribution < 1.29 is 0 Å². The van der Waals surface area contributed by atoms with Crippen molar-refractivity contribution >= 4 is 16.8 Å². The summed E-state index contributed by atoms with van der Waals surface area (Å²) in [5.41, 5.74) is 5.11. The Morgan fingerprint density at radius 2 is 0.750 bits per heavy atom. The summed E-state index contributed by atoms with van der Waals surface area (Å²) in [6.45, 7) is 14.4.